The molecular formula is C68H61N. The van der Waals surface area contributed by atoms with Crippen LogP contribution >= 0.6 is 0 Å². The predicted octanol–water partition coefficient (Wildman–Crippen LogP) is 18.9. The molecule has 3 aliphatic rings. The maximum atomic E-state index is 2.49. The lowest BCUT2D eigenvalue weighted by Gasteiger charge is -2.35. The largest absolute Gasteiger partial charge is 0.310 e. The van der Waals surface area contributed by atoms with Crippen LogP contribution in [0.4, 0.5) is 17.1 Å². The van der Waals surface area contributed by atoms with Gasteiger partial charge in [-0.15, -0.1) is 0 Å². The van der Waals surface area contributed by atoms with Crippen molar-refractivity contribution in [2.45, 2.75) is 88.4 Å². The maximum Gasteiger partial charge on any atom is 0.0714 e. The molecule has 69 heavy (non-hydrogen) atoms. The molecule has 0 bridgehead atoms. The second kappa shape index (κ2) is 18.7. The summed E-state index contributed by atoms with van der Waals surface area (Å²) in [6.07, 6.45) is 13.4. The molecule has 9 aromatic rings. The fourth-order valence-corrected chi connectivity index (χ4v) is 12.6. The highest BCUT2D eigenvalue weighted by Crippen LogP contribution is 2.58. The van der Waals surface area contributed by atoms with Gasteiger partial charge in [0, 0.05) is 17.1 Å². The Labute approximate surface area is 410 Å². The Bertz CT molecular complexity index is 3150. The van der Waals surface area contributed by atoms with Gasteiger partial charge in [-0.05, 0) is 164 Å². The average Bonchev–Trinajstić information content (AvgIpc) is 3.74. The van der Waals surface area contributed by atoms with E-state index >= 15 is 0 Å². The minimum Gasteiger partial charge on any atom is -0.310 e. The van der Waals surface area contributed by atoms with Gasteiger partial charge >= 0.3 is 0 Å². The summed E-state index contributed by atoms with van der Waals surface area (Å²) in [6, 6.07) is 82.8. The molecule has 0 aromatic heterocycles. The third-order valence-corrected chi connectivity index (χ3v) is 16.1. The Morgan fingerprint density at radius 2 is 0.783 bits per heavy atom. The molecule has 0 radical (unpaired) electrons. The van der Waals surface area contributed by atoms with Crippen LogP contribution in [0.1, 0.15) is 115 Å². The maximum absolute atomic E-state index is 2.49. The van der Waals surface area contributed by atoms with E-state index in [1.54, 1.807) is 0 Å². The van der Waals surface area contributed by atoms with Crippen LogP contribution in [0.15, 0.2) is 218 Å². The van der Waals surface area contributed by atoms with Gasteiger partial charge in [-0.3, -0.25) is 0 Å². The van der Waals surface area contributed by atoms with E-state index < -0.39 is 5.41 Å². The summed E-state index contributed by atoms with van der Waals surface area (Å²) in [7, 11) is 0. The normalized spacial score (nSPS) is 15.6. The number of hydrogen-bond donors (Lipinski definition) is 0. The van der Waals surface area contributed by atoms with Gasteiger partial charge in [0.15, 0.2) is 0 Å². The van der Waals surface area contributed by atoms with E-state index in [0.29, 0.717) is 11.8 Å². The lowest BCUT2D eigenvalue weighted by Crippen LogP contribution is -2.28. The number of hydrogen-bond acceptors (Lipinski definition) is 1. The van der Waals surface area contributed by atoms with Gasteiger partial charge < -0.3 is 4.90 Å². The average molecular weight is 892 g/mol. The van der Waals surface area contributed by atoms with Crippen molar-refractivity contribution in [1.29, 1.82) is 0 Å². The van der Waals surface area contributed by atoms with Crippen molar-refractivity contribution in [3.63, 3.8) is 0 Å². The van der Waals surface area contributed by atoms with E-state index in [9.17, 15) is 0 Å². The highest BCUT2D eigenvalue weighted by atomic mass is 15.1. The van der Waals surface area contributed by atoms with E-state index in [4.69, 9.17) is 0 Å². The molecule has 0 unspecified atom stereocenters. The molecule has 3 aliphatic carbocycles. The second-order valence-corrected chi connectivity index (χ2v) is 20.1. The van der Waals surface area contributed by atoms with E-state index in [2.05, 4.69) is 230 Å². The van der Waals surface area contributed by atoms with Gasteiger partial charge in [-0.25, -0.2) is 0 Å². The molecular weight excluding hydrogens is 831 g/mol. The summed E-state index contributed by atoms with van der Waals surface area (Å²) in [6.45, 7) is 2.27. The number of anilines is 3. The first-order valence-corrected chi connectivity index (χ1v) is 25.8. The smallest absolute Gasteiger partial charge is 0.0714 e. The topological polar surface area (TPSA) is 3.24 Å². The van der Waals surface area contributed by atoms with E-state index in [0.717, 1.165) is 17.1 Å². The molecule has 0 aliphatic heterocycles. The Morgan fingerprint density at radius 1 is 0.348 bits per heavy atom. The number of nitrogens with zero attached hydrogens (tertiary/aromatic N) is 1. The molecule has 1 heteroatoms. The Kier molecular flexibility index (Phi) is 11.7. The zero-order chi connectivity index (χ0) is 46.2. The van der Waals surface area contributed by atoms with Gasteiger partial charge in [0.2, 0.25) is 0 Å². The highest BCUT2D eigenvalue weighted by molar-refractivity contribution is 5.91. The molecule has 0 spiro atoms. The first kappa shape index (κ1) is 43.1. The van der Waals surface area contributed by atoms with Crippen molar-refractivity contribution in [1.82, 2.24) is 0 Å². The van der Waals surface area contributed by atoms with Gasteiger partial charge in [0.05, 0.1) is 5.41 Å². The van der Waals surface area contributed by atoms with Crippen LogP contribution in [0, 0.1) is 6.92 Å². The van der Waals surface area contributed by atoms with Crippen LogP contribution in [0.2, 0.25) is 0 Å². The molecule has 2 fully saturated rings. The number of benzene rings is 9. The summed E-state index contributed by atoms with van der Waals surface area (Å²) >= 11 is 0. The Hall–Kier alpha value is -7.22. The van der Waals surface area contributed by atoms with Crippen LogP contribution in [-0.2, 0) is 5.41 Å². The molecule has 0 N–H and O–H groups in total. The summed E-state index contributed by atoms with van der Waals surface area (Å²) in [5.74, 6) is 1.40. The molecule has 0 heterocycles. The molecule has 1 nitrogen and oxygen atoms in total. The highest BCUT2D eigenvalue weighted by Gasteiger charge is 2.47. The fraction of sp³-hybridized carbons (Fsp3) is 0.206. The van der Waals surface area contributed by atoms with E-state index in [-0.39, 0.29) is 0 Å². The lowest BCUT2D eigenvalue weighted by molar-refractivity contribution is 0.443. The van der Waals surface area contributed by atoms with Gasteiger partial charge in [-0.2, -0.15) is 0 Å². The van der Waals surface area contributed by atoms with Gasteiger partial charge in [0.1, 0.15) is 0 Å². The van der Waals surface area contributed by atoms with Crippen molar-refractivity contribution in [2.75, 3.05) is 4.90 Å². The minimum atomic E-state index is -0.503. The molecule has 9 aromatic carbocycles. The summed E-state index contributed by atoms with van der Waals surface area (Å²) in [5, 5.41) is 0. The van der Waals surface area contributed by atoms with Gasteiger partial charge in [-0.1, -0.05) is 221 Å². The molecule has 2 saturated carbocycles. The predicted molar refractivity (Wildman–Crippen MR) is 291 cm³/mol. The standard InChI is InChI=1S/C68H61N/c1-48-17-16-28-65-67(48)64-46-45-61(47-66(64)68(65,57-22-10-4-11-23-57)58-24-12-5-13-25-58)69(59-41-37-54(38-42-59)53-31-29-51(30-32-53)49-18-6-2-7-19-49)60-43-39-56(40-44-60)63-27-15-14-26-62(63)55-35-33-52(34-36-55)50-20-8-3-9-21-50/h4-5,10-17,22-47,49-50H,2-3,6-9,18-21H2,1H3. The van der Waals surface area contributed by atoms with Crippen LogP contribution < -0.4 is 4.90 Å². The molecule has 12 rings (SSSR count). The third-order valence-electron chi connectivity index (χ3n) is 16.1. The summed E-state index contributed by atoms with van der Waals surface area (Å²) in [4.78, 5) is 2.46. The van der Waals surface area contributed by atoms with Crippen molar-refractivity contribution in [3.05, 3.63) is 257 Å². The Balaban J connectivity index is 0.967. The third kappa shape index (κ3) is 7.93. The Morgan fingerprint density at radius 3 is 1.29 bits per heavy atom. The first-order chi connectivity index (χ1) is 34.1. The van der Waals surface area contributed by atoms with E-state index in [1.165, 1.54) is 148 Å². The molecule has 0 atom stereocenters. The van der Waals surface area contributed by atoms with Crippen molar-refractivity contribution < 1.29 is 0 Å². The van der Waals surface area contributed by atoms with Crippen LogP contribution in [0.25, 0.3) is 44.5 Å². The summed E-state index contributed by atoms with van der Waals surface area (Å²) in [5.41, 5.74) is 22.5. The SMILES string of the molecule is Cc1cccc2c1-c1ccc(N(c3ccc(-c4ccc(C5CCCCC5)cc4)cc3)c3ccc(-c4ccccc4-c4ccc(C5CCCCC5)cc4)cc3)cc1C2(c1ccccc1)c1ccccc1. The number of fused-ring (bicyclic) bond motifs is 3. The van der Waals surface area contributed by atoms with Crippen LogP contribution in [0.5, 0.6) is 0 Å². The quantitative estimate of drug-likeness (QED) is 0.132. The van der Waals surface area contributed by atoms with Crippen molar-refractivity contribution in [2.24, 2.45) is 0 Å². The second-order valence-electron chi connectivity index (χ2n) is 20.1. The van der Waals surface area contributed by atoms with Crippen LogP contribution in [0.3, 0.4) is 0 Å². The molecule has 0 amide bonds. The molecule has 338 valence electrons. The van der Waals surface area contributed by atoms with Crippen molar-refractivity contribution in [3.8, 4) is 44.5 Å². The van der Waals surface area contributed by atoms with Crippen LogP contribution in [-0.4, -0.2) is 0 Å². The fourth-order valence-electron chi connectivity index (χ4n) is 12.6. The zero-order valence-corrected chi connectivity index (χ0v) is 40.0. The number of rotatable bonds is 10. The van der Waals surface area contributed by atoms with E-state index in [1.807, 2.05) is 0 Å². The zero-order valence-electron chi connectivity index (χ0n) is 40.0. The first-order valence-electron chi connectivity index (χ1n) is 25.8. The van der Waals surface area contributed by atoms with Crippen molar-refractivity contribution >= 4 is 17.1 Å². The lowest BCUT2D eigenvalue weighted by atomic mass is 9.67. The number of aryl methyl sites for hydroxylation is 1. The minimum absolute atomic E-state index is 0.503. The molecule has 0 saturated heterocycles. The van der Waals surface area contributed by atoms with Gasteiger partial charge in [0.25, 0.3) is 0 Å². The summed E-state index contributed by atoms with van der Waals surface area (Å²) < 4.78 is 0. The monoisotopic (exact) mass is 891 g/mol.